The Morgan fingerprint density at radius 3 is 2.87 bits per heavy atom. The van der Waals surface area contributed by atoms with Crippen molar-refractivity contribution in [1.29, 1.82) is 0 Å². The zero-order chi connectivity index (χ0) is 10.4. The van der Waals surface area contributed by atoms with Gasteiger partial charge in [0.2, 0.25) is 0 Å². The standard InChI is InChI=1S/C10H5Br2N3/c11-8-3-7-5(4-14-8)9-6(15-7)1-2-13-10(9)12/h1-4,15H. The number of hydrogen-bond acceptors (Lipinski definition) is 2. The molecule has 0 aliphatic rings. The molecule has 0 atom stereocenters. The van der Waals surface area contributed by atoms with Crippen LogP contribution in [0.15, 0.2) is 33.7 Å². The van der Waals surface area contributed by atoms with Gasteiger partial charge in [-0.2, -0.15) is 0 Å². The van der Waals surface area contributed by atoms with Crippen molar-refractivity contribution in [2.75, 3.05) is 0 Å². The Hall–Kier alpha value is -0.940. The predicted octanol–water partition coefficient (Wildman–Crippen LogP) is 3.64. The van der Waals surface area contributed by atoms with Crippen molar-refractivity contribution in [1.82, 2.24) is 15.0 Å². The number of nitrogens with zero attached hydrogens (tertiary/aromatic N) is 2. The van der Waals surface area contributed by atoms with Gasteiger partial charge in [-0.25, -0.2) is 9.97 Å². The third-order valence-corrected chi connectivity index (χ3v) is 3.35. The molecule has 3 nitrogen and oxygen atoms in total. The molecule has 74 valence electrons. The molecule has 5 heteroatoms. The second kappa shape index (κ2) is 3.28. The lowest BCUT2D eigenvalue weighted by molar-refractivity contribution is 1.30. The maximum atomic E-state index is 4.22. The first kappa shape index (κ1) is 9.30. The molecule has 3 aromatic rings. The van der Waals surface area contributed by atoms with Crippen LogP contribution in [0.5, 0.6) is 0 Å². The zero-order valence-corrected chi connectivity index (χ0v) is 10.6. The van der Waals surface area contributed by atoms with E-state index in [1.807, 2.05) is 18.3 Å². The highest BCUT2D eigenvalue weighted by molar-refractivity contribution is 9.10. The molecule has 1 N–H and O–H groups in total. The van der Waals surface area contributed by atoms with Crippen molar-refractivity contribution >= 4 is 53.7 Å². The monoisotopic (exact) mass is 325 g/mol. The molecule has 3 rings (SSSR count). The number of halogens is 2. The van der Waals surface area contributed by atoms with Crippen LogP contribution in [-0.4, -0.2) is 15.0 Å². The maximum Gasteiger partial charge on any atom is 0.116 e. The Balaban J connectivity index is 2.59. The molecule has 0 spiro atoms. The first-order chi connectivity index (χ1) is 7.25. The average Bonchev–Trinajstić information content (AvgIpc) is 2.56. The highest BCUT2D eigenvalue weighted by Crippen LogP contribution is 2.30. The van der Waals surface area contributed by atoms with Crippen LogP contribution in [0.2, 0.25) is 0 Å². The quantitative estimate of drug-likeness (QED) is 0.641. The largest absolute Gasteiger partial charge is 0.354 e. The van der Waals surface area contributed by atoms with Gasteiger partial charge in [-0.3, -0.25) is 0 Å². The Morgan fingerprint density at radius 1 is 1.13 bits per heavy atom. The van der Waals surface area contributed by atoms with E-state index in [9.17, 15) is 0 Å². The van der Waals surface area contributed by atoms with Gasteiger partial charge >= 0.3 is 0 Å². The summed E-state index contributed by atoms with van der Waals surface area (Å²) in [6, 6.07) is 3.91. The van der Waals surface area contributed by atoms with Crippen molar-refractivity contribution in [3.05, 3.63) is 33.7 Å². The number of aromatic amines is 1. The van der Waals surface area contributed by atoms with Crippen LogP contribution in [-0.2, 0) is 0 Å². The number of pyridine rings is 2. The fourth-order valence-electron chi connectivity index (χ4n) is 1.67. The van der Waals surface area contributed by atoms with Crippen molar-refractivity contribution in [2.45, 2.75) is 0 Å². The summed E-state index contributed by atoms with van der Waals surface area (Å²) >= 11 is 6.79. The Bertz CT molecular complexity index is 660. The number of nitrogens with one attached hydrogen (secondary N) is 1. The summed E-state index contributed by atoms with van der Waals surface area (Å²) in [6.45, 7) is 0. The molecule has 0 aliphatic heterocycles. The van der Waals surface area contributed by atoms with Gasteiger partial charge in [-0.05, 0) is 44.0 Å². The number of fused-ring (bicyclic) bond motifs is 3. The normalized spacial score (nSPS) is 11.3. The average molecular weight is 327 g/mol. The lowest BCUT2D eigenvalue weighted by atomic mass is 10.2. The minimum absolute atomic E-state index is 0.825. The summed E-state index contributed by atoms with van der Waals surface area (Å²) in [5.74, 6) is 0. The summed E-state index contributed by atoms with van der Waals surface area (Å²) in [4.78, 5) is 11.7. The number of hydrogen-bond donors (Lipinski definition) is 1. The first-order valence-corrected chi connectivity index (χ1v) is 5.92. The highest BCUT2D eigenvalue weighted by Gasteiger charge is 2.08. The van der Waals surface area contributed by atoms with E-state index in [1.165, 1.54) is 0 Å². The van der Waals surface area contributed by atoms with Crippen LogP contribution in [0.1, 0.15) is 0 Å². The van der Waals surface area contributed by atoms with E-state index < -0.39 is 0 Å². The molecule has 0 radical (unpaired) electrons. The lowest BCUT2D eigenvalue weighted by Gasteiger charge is -1.93. The molecule has 3 heterocycles. The van der Waals surface area contributed by atoms with Gasteiger partial charge in [-0.15, -0.1) is 0 Å². The van der Waals surface area contributed by atoms with Gasteiger partial charge in [0.15, 0.2) is 0 Å². The van der Waals surface area contributed by atoms with E-state index in [0.29, 0.717) is 0 Å². The van der Waals surface area contributed by atoms with E-state index in [0.717, 1.165) is 31.0 Å². The summed E-state index contributed by atoms with van der Waals surface area (Å²) in [5, 5.41) is 2.15. The van der Waals surface area contributed by atoms with E-state index in [-0.39, 0.29) is 0 Å². The van der Waals surface area contributed by atoms with Crippen LogP contribution < -0.4 is 0 Å². The van der Waals surface area contributed by atoms with Crippen molar-refractivity contribution in [3.63, 3.8) is 0 Å². The minimum atomic E-state index is 0.825. The summed E-state index contributed by atoms with van der Waals surface area (Å²) in [6.07, 6.45) is 3.61. The van der Waals surface area contributed by atoms with Crippen LogP contribution in [0.3, 0.4) is 0 Å². The minimum Gasteiger partial charge on any atom is -0.354 e. The van der Waals surface area contributed by atoms with Gasteiger partial charge in [0, 0.05) is 23.2 Å². The molecule has 15 heavy (non-hydrogen) atoms. The summed E-state index contributed by atoms with van der Waals surface area (Å²) in [5.41, 5.74) is 2.12. The summed E-state index contributed by atoms with van der Waals surface area (Å²) < 4.78 is 1.67. The predicted molar refractivity (Wildman–Crippen MR) is 66.8 cm³/mol. The topological polar surface area (TPSA) is 41.6 Å². The molecule has 0 amide bonds. The van der Waals surface area contributed by atoms with Gasteiger partial charge in [0.1, 0.15) is 9.21 Å². The van der Waals surface area contributed by atoms with Gasteiger partial charge in [0.05, 0.1) is 11.0 Å². The molecule has 0 aromatic carbocycles. The third kappa shape index (κ3) is 1.38. The third-order valence-electron chi connectivity index (χ3n) is 2.31. The fourth-order valence-corrected chi connectivity index (χ4v) is 2.55. The van der Waals surface area contributed by atoms with Crippen molar-refractivity contribution < 1.29 is 0 Å². The van der Waals surface area contributed by atoms with Crippen LogP contribution >= 0.6 is 31.9 Å². The summed E-state index contributed by atoms with van der Waals surface area (Å²) in [7, 11) is 0. The molecule has 0 bridgehead atoms. The van der Waals surface area contributed by atoms with E-state index in [1.54, 1.807) is 6.20 Å². The Labute approximate surface area is 102 Å². The Morgan fingerprint density at radius 2 is 2.00 bits per heavy atom. The van der Waals surface area contributed by atoms with E-state index >= 15 is 0 Å². The van der Waals surface area contributed by atoms with Crippen LogP contribution in [0.25, 0.3) is 21.8 Å². The molecule has 0 aliphatic carbocycles. The smallest absolute Gasteiger partial charge is 0.116 e. The number of H-pyrrole nitrogens is 1. The zero-order valence-electron chi connectivity index (χ0n) is 7.46. The van der Waals surface area contributed by atoms with Crippen LogP contribution in [0.4, 0.5) is 0 Å². The molecule has 0 saturated carbocycles. The molecule has 3 aromatic heterocycles. The number of rotatable bonds is 0. The van der Waals surface area contributed by atoms with Crippen LogP contribution in [0, 0.1) is 0 Å². The lowest BCUT2D eigenvalue weighted by Crippen LogP contribution is -1.76. The molecular weight excluding hydrogens is 322 g/mol. The molecule has 0 unspecified atom stereocenters. The highest BCUT2D eigenvalue weighted by atomic mass is 79.9. The van der Waals surface area contributed by atoms with Crippen molar-refractivity contribution in [2.24, 2.45) is 0 Å². The first-order valence-electron chi connectivity index (χ1n) is 4.33. The van der Waals surface area contributed by atoms with Gasteiger partial charge in [0.25, 0.3) is 0 Å². The SMILES string of the molecule is Brc1cc2[nH]c3ccnc(Br)c3c2cn1. The van der Waals surface area contributed by atoms with E-state index in [2.05, 4.69) is 46.8 Å². The van der Waals surface area contributed by atoms with Gasteiger partial charge in [-0.1, -0.05) is 0 Å². The van der Waals surface area contributed by atoms with E-state index in [4.69, 9.17) is 0 Å². The molecule has 0 saturated heterocycles. The molecule has 0 fully saturated rings. The fraction of sp³-hybridized carbons (Fsp3) is 0. The second-order valence-corrected chi connectivity index (χ2v) is 4.77. The van der Waals surface area contributed by atoms with Gasteiger partial charge < -0.3 is 4.98 Å². The second-order valence-electron chi connectivity index (χ2n) is 3.20. The van der Waals surface area contributed by atoms with Crippen molar-refractivity contribution in [3.8, 4) is 0 Å². The number of aromatic nitrogens is 3. The molecular formula is C10H5Br2N3. The Kier molecular flexibility index (Phi) is 2.03. The maximum absolute atomic E-state index is 4.22.